The molecule has 14 nitrogen and oxygen atoms in total. The molecule has 1 saturated heterocycles. The summed E-state index contributed by atoms with van der Waals surface area (Å²) in [7, 11) is 0. The Morgan fingerprint density at radius 3 is 2.07 bits per heavy atom. The third-order valence-corrected chi connectivity index (χ3v) is 6.65. The van der Waals surface area contributed by atoms with Crippen LogP contribution in [0.2, 0.25) is 0 Å². The molecule has 0 radical (unpaired) electrons. The molecule has 2 aromatic carbocycles. The summed E-state index contributed by atoms with van der Waals surface area (Å²) in [5.74, 6) is -2.71. The Kier molecular flexibility index (Phi) is 10.8. The number of carbonyl (C=O) groups is 5. The van der Waals surface area contributed by atoms with Gasteiger partial charge in [-0.1, -0.05) is 6.07 Å². The molecule has 1 fully saturated rings. The van der Waals surface area contributed by atoms with Gasteiger partial charge >= 0.3 is 23.9 Å². The fraction of sp³-hybridized carbons (Fsp3) is 0.452. The van der Waals surface area contributed by atoms with Crippen molar-refractivity contribution in [3.05, 3.63) is 47.5 Å². The van der Waals surface area contributed by atoms with Crippen molar-refractivity contribution >= 4 is 29.7 Å². The Bertz CT molecular complexity index is 1440. The Labute approximate surface area is 258 Å². The van der Waals surface area contributed by atoms with Crippen molar-refractivity contribution in [3.8, 4) is 23.0 Å². The van der Waals surface area contributed by atoms with Gasteiger partial charge in [-0.2, -0.15) is 0 Å². The normalized spacial score (nSPS) is 22.3. The van der Waals surface area contributed by atoms with Gasteiger partial charge in [-0.05, 0) is 29.8 Å². The summed E-state index contributed by atoms with van der Waals surface area (Å²) >= 11 is 0. The van der Waals surface area contributed by atoms with Gasteiger partial charge < -0.3 is 43.0 Å². The van der Waals surface area contributed by atoms with E-state index in [9.17, 15) is 29.1 Å². The number of phenols is 1. The van der Waals surface area contributed by atoms with E-state index in [1.54, 1.807) is 18.2 Å². The molecule has 0 spiro atoms. The van der Waals surface area contributed by atoms with Crippen molar-refractivity contribution in [2.75, 3.05) is 19.8 Å². The monoisotopic (exact) mass is 630 g/mol. The fourth-order valence-electron chi connectivity index (χ4n) is 4.84. The zero-order valence-corrected chi connectivity index (χ0v) is 25.1. The molecule has 242 valence electrons. The van der Waals surface area contributed by atoms with Crippen LogP contribution in [0.5, 0.6) is 23.0 Å². The zero-order valence-electron chi connectivity index (χ0n) is 25.1. The van der Waals surface area contributed by atoms with Crippen molar-refractivity contribution < 1.29 is 67.0 Å². The van der Waals surface area contributed by atoms with E-state index < -0.39 is 66.9 Å². The molecule has 2 aromatic rings. The molecule has 45 heavy (non-hydrogen) atoms. The number of phenolic OH excluding ortho intramolecular Hbond substituents is 1. The number of benzene rings is 2. The molecule has 1 N–H and O–H groups in total. The highest BCUT2D eigenvalue weighted by Gasteiger charge is 2.53. The number of ether oxygens (including phenoxy) is 8. The standard InChI is InChI=1S/C31H34O14/c1-16(32)40-15-27-28(41-17(2)33)29(42-18(3)34)30(43-19(4)35)31(45-27)44-21-7-8-22(24(37)14-21)23(36)12-20-6-9-25-26(13-20)39-11-5-10-38-25/h6-9,13-14,27-31,37H,5,10-12,15H2,1-4H3/t27-,28-,29+,30-,31-/m1/s1. The predicted molar refractivity (Wildman–Crippen MR) is 151 cm³/mol. The first kappa shape index (κ1) is 33.1. The Balaban J connectivity index is 1.57. The van der Waals surface area contributed by atoms with E-state index in [4.69, 9.17) is 37.9 Å². The lowest BCUT2D eigenvalue weighted by atomic mass is 9.98. The first-order valence-corrected chi connectivity index (χ1v) is 14.1. The molecule has 0 bridgehead atoms. The van der Waals surface area contributed by atoms with Gasteiger partial charge in [0.1, 0.15) is 24.2 Å². The molecule has 5 atom stereocenters. The number of aromatic hydroxyl groups is 1. The summed E-state index contributed by atoms with van der Waals surface area (Å²) in [6.45, 7) is 5.06. The van der Waals surface area contributed by atoms with E-state index in [-0.39, 0.29) is 23.5 Å². The van der Waals surface area contributed by atoms with Crippen LogP contribution in [0.4, 0.5) is 0 Å². The Morgan fingerprint density at radius 2 is 1.42 bits per heavy atom. The lowest BCUT2D eigenvalue weighted by Gasteiger charge is -2.43. The number of fused-ring (bicyclic) bond motifs is 1. The van der Waals surface area contributed by atoms with Crippen molar-refractivity contribution in [2.45, 2.75) is 71.2 Å². The second-order valence-electron chi connectivity index (χ2n) is 10.3. The summed E-state index contributed by atoms with van der Waals surface area (Å²) in [5, 5.41) is 10.8. The van der Waals surface area contributed by atoms with Crippen LogP contribution in [-0.4, -0.2) is 85.3 Å². The van der Waals surface area contributed by atoms with Gasteiger partial charge in [0.05, 0.1) is 18.8 Å². The van der Waals surface area contributed by atoms with Crippen LogP contribution < -0.4 is 14.2 Å². The van der Waals surface area contributed by atoms with Gasteiger partial charge in [-0.3, -0.25) is 24.0 Å². The van der Waals surface area contributed by atoms with E-state index in [0.29, 0.717) is 30.3 Å². The van der Waals surface area contributed by atoms with Crippen LogP contribution in [0.15, 0.2) is 36.4 Å². The number of hydrogen-bond donors (Lipinski definition) is 1. The maximum atomic E-state index is 13.1. The zero-order chi connectivity index (χ0) is 32.7. The number of esters is 4. The summed E-state index contributed by atoms with van der Waals surface area (Å²) in [6, 6.07) is 9.08. The third-order valence-electron chi connectivity index (χ3n) is 6.65. The van der Waals surface area contributed by atoms with E-state index in [1.807, 2.05) is 0 Å². The van der Waals surface area contributed by atoms with E-state index in [2.05, 4.69) is 0 Å². The van der Waals surface area contributed by atoms with E-state index in [1.165, 1.54) is 12.1 Å². The summed E-state index contributed by atoms with van der Waals surface area (Å²) in [6.07, 6.45) is -6.27. The molecular formula is C31H34O14. The van der Waals surface area contributed by atoms with Crippen LogP contribution >= 0.6 is 0 Å². The van der Waals surface area contributed by atoms with Crippen molar-refractivity contribution in [1.82, 2.24) is 0 Å². The minimum absolute atomic E-state index is 0.0102. The largest absolute Gasteiger partial charge is 0.507 e. The van der Waals surface area contributed by atoms with Crippen LogP contribution in [-0.2, 0) is 49.3 Å². The first-order valence-electron chi connectivity index (χ1n) is 14.1. The van der Waals surface area contributed by atoms with Gasteiger partial charge in [-0.25, -0.2) is 0 Å². The maximum absolute atomic E-state index is 13.1. The maximum Gasteiger partial charge on any atom is 0.303 e. The summed E-state index contributed by atoms with van der Waals surface area (Å²) in [4.78, 5) is 60.6. The van der Waals surface area contributed by atoms with Crippen LogP contribution in [0.3, 0.4) is 0 Å². The van der Waals surface area contributed by atoms with Gasteiger partial charge in [0.25, 0.3) is 0 Å². The average Bonchev–Trinajstić information content (AvgIpc) is 3.19. The van der Waals surface area contributed by atoms with Crippen LogP contribution in [0.25, 0.3) is 0 Å². The van der Waals surface area contributed by atoms with Gasteiger partial charge in [0.15, 0.2) is 29.5 Å². The molecule has 14 heteroatoms. The predicted octanol–water partition coefficient (Wildman–Crippen LogP) is 2.44. The van der Waals surface area contributed by atoms with Gasteiger partial charge in [-0.15, -0.1) is 0 Å². The van der Waals surface area contributed by atoms with Crippen LogP contribution in [0.1, 0.15) is 50.0 Å². The number of Topliss-reactive ketones (excluding diaryl/α,β-unsaturated/α-hetero) is 1. The first-order chi connectivity index (χ1) is 21.4. The van der Waals surface area contributed by atoms with Crippen LogP contribution in [0, 0.1) is 0 Å². The summed E-state index contributed by atoms with van der Waals surface area (Å²) in [5.41, 5.74) is 0.664. The second-order valence-corrected chi connectivity index (χ2v) is 10.3. The highest BCUT2D eigenvalue weighted by atomic mass is 16.7. The van der Waals surface area contributed by atoms with Crippen molar-refractivity contribution in [1.29, 1.82) is 0 Å². The molecule has 0 aromatic heterocycles. The Morgan fingerprint density at radius 1 is 0.778 bits per heavy atom. The second kappa shape index (κ2) is 14.8. The SMILES string of the molecule is CC(=O)OC[C@H]1O[C@@H](Oc2ccc(C(=O)Cc3ccc4c(c3)OCCCO4)c(O)c2)[C@H](OC(C)=O)[C@@H](OC(C)=O)[C@@H]1OC(C)=O. The number of rotatable bonds is 10. The fourth-order valence-corrected chi connectivity index (χ4v) is 4.84. The van der Waals surface area contributed by atoms with Crippen molar-refractivity contribution in [2.24, 2.45) is 0 Å². The molecular weight excluding hydrogens is 596 g/mol. The molecule has 2 aliphatic rings. The molecule has 2 heterocycles. The van der Waals surface area contributed by atoms with Crippen molar-refractivity contribution in [3.63, 3.8) is 0 Å². The highest BCUT2D eigenvalue weighted by molar-refractivity contribution is 6.00. The minimum atomic E-state index is -1.51. The Hall–Kier alpha value is -4.85. The number of ketones is 1. The van der Waals surface area contributed by atoms with Gasteiger partial charge in [0.2, 0.25) is 12.4 Å². The van der Waals surface area contributed by atoms with Gasteiger partial charge in [0, 0.05) is 46.6 Å². The quantitative estimate of drug-likeness (QED) is 0.230. The minimum Gasteiger partial charge on any atom is -0.507 e. The van der Waals surface area contributed by atoms with E-state index in [0.717, 1.165) is 40.2 Å². The molecule has 2 aliphatic heterocycles. The molecule has 0 amide bonds. The number of carbonyl (C=O) groups excluding carboxylic acids is 5. The summed E-state index contributed by atoms with van der Waals surface area (Å²) < 4.78 is 44.3. The number of hydrogen-bond acceptors (Lipinski definition) is 14. The lowest BCUT2D eigenvalue weighted by molar-refractivity contribution is -0.288. The topological polar surface area (TPSA) is 179 Å². The average molecular weight is 631 g/mol. The highest BCUT2D eigenvalue weighted by Crippen LogP contribution is 2.34. The molecule has 0 unspecified atom stereocenters. The smallest absolute Gasteiger partial charge is 0.303 e. The van der Waals surface area contributed by atoms with E-state index >= 15 is 0 Å². The molecule has 0 aliphatic carbocycles. The molecule has 4 rings (SSSR count). The molecule has 0 saturated carbocycles. The lowest BCUT2D eigenvalue weighted by Crippen LogP contribution is -2.63. The third kappa shape index (κ3) is 8.85.